The van der Waals surface area contributed by atoms with E-state index < -0.39 is 10.0 Å². The second kappa shape index (κ2) is 8.66. The third kappa shape index (κ3) is 4.60. The number of furan rings is 1. The van der Waals surface area contributed by atoms with Crippen molar-refractivity contribution in [2.24, 2.45) is 0 Å². The maximum Gasteiger partial charge on any atom is 0.289 e. The molecule has 1 aromatic heterocycles. The molecule has 0 bridgehead atoms. The largest absolute Gasteiger partial charge is 0.497 e. The number of carbonyl (C=O) groups excluding carboxylic acids is 2. The maximum absolute atomic E-state index is 12.8. The summed E-state index contributed by atoms with van der Waals surface area (Å²) in [6, 6.07) is 9.33. The Bertz CT molecular complexity index is 948. The molecule has 2 amide bonds. The molecule has 29 heavy (non-hydrogen) atoms. The molecular weight excluding hydrogens is 398 g/mol. The number of amides is 2. The van der Waals surface area contributed by atoms with Crippen molar-refractivity contribution in [1.82, 2.24) is 14.1 Å². The van der Waals surface area contributed by atoms with Gasteiger partial charge in [0.25, 0.3) is 5.91 Å². The fraction of sp³-hybridized carbons (Fsp3) is 0.368. The number of methoxy groups -OCH3 is 1. The highest BCUT2D eigenvalue weighted by Crippen LogP contribution is 2.20. The van der Waals surface area contributed by atoms with Crippen LogP contribution in [-0.4, -0.2) is 81.2 Å². The molecule has 0 radical (unpaired) electrons. The fourth-order valence-corrected chi connectivity index (χ4v) is 4.46. The number of hydrogen-bond donors (Lipinski definition) is 0. The Hall–Kier alpha value is -2.85. The summed E-state index contributed by atoms with van der Waals surface area (Å²) in [5.41, 5.74) is 0. The number of sulfonamides is 1. The molecule has 156 valence electrons. The quantitative estimate of drug-likeness (QED) is 0.687. The van der Waals surface area contributed by atoms with E-state index in [1.807, 2.05) is 0 Å². The number of rotatable bonds is 6. The number of ether oxygens (including phenoxy) is 1. The third-order valence-corrected chi connectivity index (χ3v) is 6.65. The van der Waals surface area contributed by atoms with Gasteiger partial charge in [0.05, 0.1) is 24.8 Å². The van der Waals surface area contributed by atoms with Gasteiger partial charge in [0.15, 0.2) is 5.76 Å². The van der Waals surface area contributed by atoms with Gasteiger partial charge in [-0.1, -0.05) is 0 Å². The molecule has 1 fully saturated rings. The minimum absolute atomic E-state index is 0.106. The minimum Gasteiger partial charge on any atom is -0.497 e. The van der Waals surface area contributed by atoms with Gasteiger partial charge >= 0.3 is 0 Å². The molecule has 1 aliphatic rings. The van der Waals surface area contributed by atoms with Gasteiger partial charge in [-0.2, -0.15) is 4.31 Å². The molecule has 2 aromatic rings. The summed E-state index contributed by atoms with van der Waals surface area (Å²) >= 11 is 0. The minimum atomic E-state index is -3.64. The van der Waals surface area contributed by atoms with E-state index in [0.717, 1.165) is 0 Å². The average Bonchev–Trinajstić information content (AvgIpc) is 3.28. The molecule has 9 nitrogen and oxygen atoms in total. The normalized spacial score (nSPS) is 15.2. The summed E-state index contributed by atoms with van der Waals surface area (Å²) in [5, 5.41) is 0. The van der Waals surface area contributed by atoms with Crippen molar-refractivity contribution < 1.29 is 27.2 Å². The van der Waals surface area contributed by atoms with Crippen LogP contribution in [0, 0.1) is 0 Å². The molecule has 1 aliphatic heterocycles. The van der Waals surface area contributed by atoms with Crippen molar-refractivity contribution in [3.63, 3.8) is 0 Å². The van der Waals surface area contributed by atoms with Crippen LogP contribution in [0.4, 0.5) is 0 Å². The predicted octanol–water partition coefficient (Wildman–Crippen LogP) is 0.893. The number of likely N-dealkylation sites (N-methyl/N-ethyl adjacent to an activating group) is 1. The molecule has 1 aromatic carbocycles. The zero-order chi connectivity index (χ0) is 21.0. The first kappa shape index (κ1) is 20.9. The van der Waals surface area contributed by atoms with Crippen LogP contribution in [0.1, 0.15) is 10.6 Å². The summed E-state index contributed by atoms with van der Waals surface area (Å²) in [4.78, 5) is 27.7. The number of hydrogen-bond acceptors (Lipinski definition) is 6. The number of nitrogens with zero attached hydrogens (tertiary/aromatic N) is 3. The van der Waals surface area contributed by atoms with E-state index in [1.54, 1.807) is 23.1 Å². The highest BCUT2D eigenvalue weighted by molar-refractivity contribution is 7.89. The van der Waals surface area contributed by atoms with Crippen LogP contribution in [0.2, 0.25) is 0 Å². The zero-order valence-corrected chi connectivity index (χ0v) is 17.1. The van der Waals surface area contributed by atoms with E-state index in [9.17, 15) is 18.0 Å². The Morgan fingerprint density at radius 1 is 1.10 bits per heavy atom. The molecule has 0 atom stereocenters. The average molecular weight is 421 g/mol. The topological polar surface area (TPSA) is 100 Å². The van der Waals surface area contributed by atoms with Gasteiger partial charge in [-0.25, -0.2) is 8.42 Å². The van der Waals surface area contributed by atoms with Gasteiger partial charge in [-0.05, 0) is 36.4 Å². The lowest BCUT2D eigenvalue weighted by Gasteiger charge is -2.34. The van der Waals surface area contributed by atoms with E-state index in [1.165, 1.54) is 47.8 Å². The molecule has 0 unspecified atom stereocenters. The van der Waals surface area contributed by atoms with Crippen molar-refractivity contribution in [2.75, 3.05) is 46.9 Å². The Kier molecular flexibility index (Phi) is 6.23. The molecule has 0 aliphatic carbocycles. The summed E-state index contributed by atoms with van der Waals surface area (Å²) < 4.78 is 37.0. The van der Waals surface area contributed by atoms with E-state index in [2.05, 4.69) is 0 Å². The molecule has 2 heterocycles. The van der Waals surface area contributed by atoms with Gasteiger partial charge in [-0.3, -0.25) is 9.59 Å². The summed E-state index contributed by atoms with van der Waals surface area (Å²) in [5.74, 6) is 0.112. The first-order chi connectivity index (χ1) is 13.8. The van der Waals surface area contributed by atoms with Gasteiger partial charge in [0.2, 0.25) is 15.9 Å². The van der Waals surface area contributed by atoms with Crippen molar-refractivity contribution in [3.8, 4) is 5.75 Å². The number of benzene rings is 1. The predicted molar refractivity (Wildman–Crippen MR) is 104 cm³/mol. The van der Waals surface area contributed by atoms with Gasteiger partial charge in [-0.15, -0.1) is 0 Å². The summed E-state index contributed by atoms with van der Waals surface area (Å²) in [7, 11) is -0.605. The van der Waals surface area contributed by atoms with Crippen LogP contribution in [0.25, 0.3) is 0 Å². The van der Waals surface area contributed by atoms with Gasteiger partial charge in [0, 0.05) is 33.2 Å². The Balaban J connectivity index is 1.56. The number of carbonyl (C=O) groups is 2. The number of piperazine rings is 1. The third-order valence-electron chi connectivity index (χ3n) is 4.74. The second-order valence-electron chi connectivity index (χ2n) is 6.60. The monoisotopic (exact) mass is 421 g/mol. The lowest BCUT2D eigenvalue weighted by atomic mass is 10.3. The van der Waals surface area contributed by atoms with E-state index in [0.29, 0.717) is 5.75 Å². The standard InChI is InChI=1S/C19H23N3O6S/c1-20(19(24)17-4-3-13-28-17)14-18(23)21-9-11-22(12-10-21)29(25,26)16-7-5-15(27-2)6-8-16/h3-8,13H,9-12,14H2,1-2H3. The van der Waals surface area contributed by atoms with Gasteiger partial charge in [0.1, 0.15) is 5.75 Å². The van der Waals surface area contributed by atoms with Crippen molar-refractivity contribution in [1.29, 1.82) is 0 Å². The van der Waals surface area contributed by atoms with E-state index in [4.69, 9.17) is 9.15 Å². The first-order valence-corrected chi connectivity index (χ1v) is 10.5. The van der Waals surface area contributed by atoms with Crippen molar-refractivity contribution >= 4 is 21.8 Å². The molecule has 1 saturated heterocycles. The summed E-state index contributed by atoms with van der Waals surface area (Å²) in [6.07, 6.45) is 1.39. The second-order valence-corrected chi connectivity index (χ2v) is 8.54. The summed E-state index contributed by atoms with van der Waals surface area (Å²) in [6.45, 7) is 0.796. The van der Waals surface area contributed by atoms with Crippen LogP contribution in [0.5, 0.6) is 5.75 Å². The van der Waals surface area contributed by atoms with Crippen LogP contribution >= 0.6 is 0 Å². The van der Waals surface area contributed by atoms with Crippen LogP contribution in [0.3, 0.4) is 0 Å². The molecule has 0 spiro atoms. The molecule has 0 N–H and O–H groups in total. The van der Waals surface area contributed by atoms with Crippen LogP contribution in [-0.2, 0) is 14.8 Å². The smallest absolute Gasteiger partial charge is 0.289 e. The van der Waals surface area contributed by atoms with Gasteiger partial charge < -0.3 is 19.0 Å². The Morgan fingerprint density at radius 3 is 2.31 bits per heavy atom. The van der Waals surface area contributed by atoms with Crippen molar-refractivity contribution in [2.45, 2.75) is 4.90 Å². The lowest BCUT2D eigenvalue weighted by Crippen LogP contribution is -2.52. The molecule has 3 rings (SSSR count). The van der Waals surface area contributed by atoms with Crippen LogP contribution in [0.15, 0.2) is 52.0 Å². The highest BCUT2D eigenvalue weighted by Gasteiger charge is 2.31. The lowest BCUT2D eigenvalue weighted by molar-refractivity contribution is -0.132. The molecule has 0 saturated carbocycles. The molecular formula is C19H23N3O6S. The van der Waals surface area contributed by atoms with Crippen LogP contribution < -0.4 is 4.74 Å². The first-order valence-electron chi connectivity index (χ1n) is 9.04. The molecule has 10 heteroatoms. The fourth-order valence-electron chi connectivity index (χ4n) is 3.04. The zero-order valence-electron chi connectivity index (χ0n) is 16.3. The highest BCUT2D eigenvalue weighted by atomic mass is 32.2. The SMILES string of the molecule is COc1ccc(S(=O)(=O)N2CCN(C(=O)CN(C)C(=O)c3ccco3)CC2)cc1. The maximum atomic E-state index is 12.8. The Morgan fingerprint density at radius 2 is 1.76 bits per heavy atom. The Labute approximate surface area is 169 Å². The van der Waals surface area contributed by atoms with Crippen molar-refractivity contribution in [3.05, 3.63) is 48.4 Å². The van der Waals surface area contributed by atoms with E-state index >= 15 is 0 Å². The van der Waals surface area contributed by atoms with E-state index in [-0.39, 0.29) is 55.2 Å².